The van der Waals surface area contributed by atoms with Gasteiger partial charge in [0.15, 0.2) is 0 Å². The van der Waals surface area contributed by atoms with Crippen molar-refractivity contribution < 1.29 is 48.0 Å². The number of carbonyl (C=O) groups is 2. The van der Waals surface area contributed by atoms with E-state index in [0.29, 0.717) is 0 Å². The Morgan fingerprint density at radius 2 is 1.00 bits per heavy atom. The van der Waals surface area contributed by atoms with Crippen molar-refractivity contribution in [2.24, 2.45) is 0 Å². The van der Waals surface area contributed by atoms with Crippen LogP contribution in [-0.4, -0.2) is 11.6 Å². The Bertz CT molecular complexity index is 569. The van der Waals surface area contributed by atoms with E-state index >= 15 is 0 Å². The molecule has 0 aliphatic heterocycles. The van der Waals surface area contributed by atoms with Crippen molar-refractivity contribution in [3.8, 4) is 0 Å². The second kappa shape index (κ2) is 11.6. The van der Waals surface area contributed by atoms with Gasteiger partial charge in [0.1, 0.15) is 0 Å². The van der Waals surface area contributed by atoms with Gasteiger partial charge in [0.05, 0.1) is 0 Å². The number of ketones is 2. The van der Waals surface area contributed by atoms with Crippen molar-refractivity contribution in [3.05, 3.63) is 71.8 Å². The molecule has 0 aromatic heterocycles. The number of Topliss-reactive ketones (excluding diaryl/α,β-unsaturated/α-hetero) is 2. The normalized spacial score (nSPS) is 12.6. The summed E-state index contributed by atoms with van der Waals surface area (Å²) in [7, 11) is 0. The zero-order valence-corrected chi connectivity index (χ0v) is 16.9. The minimum absolute atomic E-state index is 0.00426. The van der Waals surface area contributed by atoms with Gasteiger partial charge in [-0.25, -0.2) is 0 Å². The van der Waals surface area contributed by atoms with E-state index in [2.05, 4.69) is 38.4 Å². The van der Waals surface area contributed by atoms with Gasteiger partial charge >= 0.3 is 167 Å². The van der Waals surface area contributed by atoms with Gasteiger partial charge in [0.2, 0.25) is 0 Å². The molecule has 0 fully saturated rings. The molecule has 0 aliphatic rings. The van der Waals surface area contributed by atoms with E-state index in [9.17, 15) is 9.59 Å². The van der Waals surface area contributed by atoms with Gasteiger partial charge in [0, 0.05) is 0 Å². The van der Waals surface area contributed by atoms with E-state index in [1.54, 1.807) is 13.8 Å². The van der Waals surface area contributed by atoms with Crippen LogP contribution in [0.15, 0.2) is 60.7 Å². The zero-order chi connectivity index (χ0) is 17.9. The molecule has 0 N–H and O–H groups in total. The second-order valence-electron chi connectivity index (χ2n) is 5.45. The minimum atomic E-state index is -0.00426. The van der Waals surface area contributed by atoms with Crippen LogP contribution in [0.3, 0.4) is 0 Å². The molecule has 4 heteroatoms. The molecule has 2 nitrogen and oxygen atoms in total. The van der Waals surface area contributed by atoms with Crippen molar-refractivity contribution in [1.29, 1.82) is 0 Å². The van der Waals surface area contributed by atoms with Crippen molar-refractivity contribution in [2.75, 3.05) is 0 Å². The molecule has 0 bridgehead atoms. The Hall–Kier alpha value is -0.895. The number of carbonyl (C=O) groups excluding carboxylic acids is 2. The average molecular weight is 507 g/mol. The van der Waals surface area contributed by atoms with Crippen LogP contribution in [0.2, 0.25) is 8.78 Å². The number of benzene rings is 2. The Labute approximate surface area is 166 Å². The molecule has 0 saturated heterocycles. The first-order chi connectivity index (χ1) is 11.4. The molecule has 0 saturated carbocycles. The van der Waals surface area contributed by atoms with Crippen LogP contribution in [0.1, 0.15) is 25.0 Å². The van der Waals surface area contributed by atoms with Gasteiger partial charge in [-0.05, 0) is 0 Å². The third-order valence-electron chi connectivity index (χ3n) is 3.32. The Kier molecular flexibility index (Phi) is 10.2. The summed E-state index contributed by atoms with van der Waals surface area (Å²) in [5, 5.41) is 0. The number of hydrogen-bond donors (Lipinski definition) is 0. The molecule has 2 atom stereocenters. The van der Waals surface area contributed by atoms with E-state index in [4.69, 9.17) is 0 Å². The predicted molar refractivity (Wildman–Crippen MR) is 89.2 cm³/mol. The third kappa shape index (κ3) is 8.82. The van der Waals surface area contributed by atoms with Gasteiger partial charge in [-0.2, -0.15) is 0 Å². The van der Waals surface area contributed by atoms with E-state index in [0.717, 1.165) is 12.8 Å². The Morgan fingerprint density at radius 3 is 1.25 bits per heavy atom. The van der Waals surface area contributed by atoms with E-state index < -0.39 is 0 Å². The third-order valence-corrected chi connectivity index (χ3v) is 5.22. The van der Waals surface area contributed by atoms with Gasteiger partial charge in [0.25, 0.3) is 0 Å². The van der Waals surface area contributed by atoms with E-state index in [1.165, 1.54) is 11.1 Å². The summed E-state index contributed by atoms with van der Waals surface area (Å²) >= 11 is 6.11. The van der Waals surface area contributed by atoms with E-state index in [-0.39, 0.29) is 20.3 Å². The molecule has 2 aromatic rings. The van der Waals surface area contributed by atoms with Crippen LogP contribution in [0.25, 0.3) is 0 Å². The zero-order valence-electron chi connectivity index (χ0n) is 13.8. The summed E-state index contributed by atoms with van der Waals surface area (Å²) in [6.45, 7) is 3.22. The molecule has 2 aromatic carbocycles. The molecule has 134 valence electrons. The van der Waals surface area contributed by atoms with Crippen LogP contribution in [0.5, 0.6) is 0 Å². The maximum atomic E-state index is 10.9. The molecule has 0 amide bonds. The van der Waals surface area contributed by atoms with Crippen molar-refractivity contribution in [1.82, 2.24) is 0 Å². The van der Waals surface area contributed by atoms with Gasteiger partial charge in [-0.1, -0.05) is 0 Å². The SMILES string of the molecule is CC(=O)[CH]([Pd])Cc1ccccc1.CC(=O)[CH]([Pd])Cc1ccccc1. The first-order valence-corrected chi connectivity index (χ1v) is 9.49. The molecule has 0 spiro atoms. The number of hydrogen-bond acceptors (Lipinski definition) is 2. The summed E-state index contributed by atoms with van der Waals surface area (Å²) in [5.74, 6) is 0.392. The van der Waals surface area contributed by atoms with Gasteiger partial charge in [-0.15, -0.1) is 0 Å². The molecule has 24 heavy (non-hydrogen) atoms. The monoisotopic (exact) mass is 506 g/mol. The van der Waals surface area contributed by atoms with Crippen LogP contribution in [-0.2, 0) is 60.8 Å². The topological polar surface area (TPSA) is 34.1 Å². The quantitative estimate of drug-likeness (QED) is 0.547. The molecule has 0 aliphatic carbocycles. The fourth-order valence-corrected chi connectivity index (χ4v) is 2.63. The summed E-state index contributed by atoms with van der Waals surface area (Å²) in [4.78, 5) is 21.8. The Morgan fingerprint density at radius 1 is 0.708 bits per heavy atom. The van der Waals surface area contributed by atoms with Gasteiger partial charge < -0.3 is 0 Å². The first kappa shape index (κ1) is 21.1. The molecule has 0 radical (unpaired) electrons. The van der Waals surface area contributed by atoms with Crippen molar-refractivity contribution in [3.63, 3.8) is 0 Å². The van der Waals surface area contributed by atoms with Gasteiger partial charge in [-0.3, -0.25) is 0 Å². The average Bonchev–Trinajstić information content (AvgIpc) is 2.57. The molecular weight excluding hydrogens is 485 g/mol. The fourth-order valence-electron chi connectivity index (χ4n) is 1.90. The fraction of sp³-hybridized carbons (Fsp3) is 0.300. The molecular formula is C20H22O2Pd2. The molecule has 2 rings (SSSR count). The van der Waals surface area contributed by atoms with Crippen molar-refractivity contribution >= 4 is 11.6 Å². The predicted octanol–water partition coefficient (Wildman–Crippen LogP) is 4.31. The van der Waals surface area contributed by atoms with Crippen LogP contribution < -0.4 is 0 Å². The first-order valence-electron chi connectivity index (χ1n) is 7.70. The summed E-state index contributed by atoms with van der Waals surface area (Å²) < 4.78 is -0.00852. The van der Waals surface area contributed by atoms with Crippen LogP contribution in [0, 0.1) is 0 Å². The molecule has 0 heterocycles. The van der Waals surface area contributed by atoms with Crippen LogP contribution >= 0.6 is 0 Å². The summed E-state index contributed by atoms with van der Waals surface area (Å²) in [6.07, 6.45) is 1.58. The number of rotatable bonds is 6. The van der Waals surface area contributed by atoms with Crippen molar-refractivity contribution in [2.45, 2.75) is 35.5 Å². The second-order valence-corrected chi connectivity index (χ2v) is 7.62. The Balaban J connectivity index is 0.000000240. The maximum absolute atomic E-state index is 10.9. The molecule has 2 unspecified atom stereocenters. The summed E-state index contributed by atoms with van der Waals surface area (Å²) in [5.41, 5.74) is 2.40. The standard InChI is InChI=1S/2C10H11O.2Pd/c2*1-9(11)7-8-10-5-3-2-4-6-10;;/h2*2-7H,8H2,1H3;;. The van der Waals surface area contributed by atoms with E-state index in [1.807, 2.05) is 60.7 Å². The summed E-state index contributed by atoms with van der Waals surface area (Å²) in [6, 6.07) is 20.0. The van der Waals surface area contributed by atoms with Crippen LogP contribution in [0.4, 0.5) is 0 Å².